The van der Waals surface area contributed by atoms with E-state index < -0.39 is 35.5 Å². The highest BCUT2D eigenvalue weighted by atomic mass is 16.6. The van der Waals surface area contributed by atoms with Crippen molar-refractivity contribution in [3.05, 3.63) is 0 Å². The Balaban J connectivity index is 4.34. The van der Waals surface area contributed by atoms with E-state index in [1.54, 1.807) is 20.8 Å². The molecular formula is C12H23N3O4. The molecule has 2 amide bonds. The minimum absolute atomic E-state index is 0.00981. The van der Waals surface area contributed by atoms with Crippen LogP contribution in [0.1, 0.15) is 40.5 Å². The number of ether oxygens (including phenoxy) is 1. The van der Waals surface area contributed by atoms with Crippen LogP contribution in [0.5, 0.6) is 0 Å². The second-order valence-corrected chi connectivity index (χ2v) is 5.38. The number of carbonyl (C=O) groups excluding carboxylic acids is 3. The zero-order valence-corrected chi connectivity index (χ0v) is 11.9. The van der Waals surface area contributed by atoms with Crippen molar-refractivity contribution in [2.75, 3.05) is 0 Å². The lowest BCUT2D eigenvalue weighted by Crippen LogP contribution is -2.49. The van der Waals surface area contributed by atoms with Crippen molar-refractivity contribution in [3.63, 3.8) is 0 Å². The molecule has 0 aliphatic carbocycles. The normalized spacial score (nSPS) is 14.4. The van der Waals surface area contributed by atoms with E-state index >= 15 is 0 Å². The van der Waals surface area contributed by atoms with Crippen LogP contribution >= 0.6 is 0 Å². The molecule has 110 valence electrons. The van der Waals surface area contributed by atoms with Crippen molar-refractivity contribution in [2.45, 2.75) is 58.2 Å². The molecule has 0 unspecified atom stereocenters. The summed E-state index contributed by atoms with van der Waals surface area (Å²) in [7, 11) is 0. The Kier molecular flexibility index (Phi) is 6.47. The number of amides is 2. The largest absolute Gasteiger partial charge is 0.460 e. The average molecular weight is 273 g/mol. The van der Waals surface area contributed by atoms with Crippen LogP contribution in [0.2, 0.25) is 0 Å². The van der Waals surface area contributed by atoms with Crippen LogP contribution < -0.4 is 16.8 Å². The number of esters is 1. The van der Waals surface area contributed by atoms with Gasteiger partial charge in [-0.1, -0.05) is 0 Å². The molecule has 0 aromatic carbocycles. The average Bonchev–Trinajstić information content (AvgIpc) is 2.20. The Morgan fingerprint density at radius 2 is 1.79 bits per heavy atom. The predicted molar refractivity (Wildman–Crippen MR) is 69.9 cm³/mol. The number of primary amides is 1. The molecule has 7 nitrogen and oxygen atoms in total. The molecule has 0 saturated carbocycles. The highest BCUT2D eigenvalue weighted by Crippen LogP contribution is 2.10. The molecule has 0 aromatic rings. The van der Waals surface area contributed by atoms with Crippen molar-refractivity contribution in [1.82, 2.24) is 5.32 Å². The Morgan fingerprint density at radius 1 is 1.26 bits per heavy atom. The third kappa shape index (κ3) is 8.15. The molecule has 0 rings (SSSR count). The van der Waals surface area contributed by atoms with E-state index in [9.17, 15) is 14.4 Å². The summed E-state index contributed by atoms with van der Waals surface area (Å²) >= 11 is 0. The summed E-state index contributed by atoms with van der Waals surface area (Å²) in [6.07, 6.45) is 0.0762. The summed E-state index contributed by atoms with van der Waals surface area (Å²) in [6, 6.07) is -1.67. The van der Waals surface area contributed by atoms with Crippen LogP contribution in [-0.4, -0.2) is 35.5 Å². The van der Waals surface area contributed by atoms with E-state index in [-0.39, 0.29) is 12.8 Å². The minimum Gasteiger partial charge on any atom is -0.460 e. The number of rotatable bonds is 6. The van der Waals surface area contributed by atoms with Crippen LogP contribution in [0.3, 0.4) is 0 Å². The number of carbonyl (C=O) groups is 3. The SMILES string of the molecule is C[C@H](N)C(=O)N[C@@H](CCC(=O)OC(C)(C)C)C(N)=O. The number of nitrogens with two attached hydrogens (primary N) is 2. The summed E-state index contributed by atoms with van der Waals surface area (Å²) in [6.45, 7) is 6.72. The van der Waals surface area contributed by atoms with Gasteiger partial charge in [0.05, 0.1) is 6.04 Å². The fourth-order valence-corrected chi connectivity index (χ4v) is 1.24. The van der Waals surface area contributed by atoms with Crippen LogP contribution in [0, 0.1) is 0 Å². The van der Waals surface area contributed by atoms with Gasteiger partial charge in [-0.25, -0.2) is 0 Å². The maximum absolute atomic E-state index is 11.5. The minimum atomic E-state index is -0.925. The molecule has 0 aliphatic heterocycles. The Morgan fingerprint density at radius 3 is 2.16 bits per heavy atom. The van der Waals surface area contributed by atoms with Crippen molar-refractivity contribution in [2.24, 2.45) is 11.5 Å². The van der Waals surface area contributed by atoms with Gasteiger partial charge in [-0.3, -0.25) is 14.4 Å². The lowest BCUT2D eigenvalue weighted by molar-refractivity contribution is -0.155. The van der Waals surface area contributed by atoms with Crippen LogP contribution in [0.15, 0.2) is 0 Å². The fraction of sp³-hybridized carbons (Fsp3) is 0.750. The van der Waals surface area contributed by atoms with Crippen molar-refractivity contribution in [1.29, 1.82) is 0 Å². The van der Waals surface area contributed by atoms with Gasteiger partial charge in [-0.05, 0) is 34.1 Å². The molecule has 0 radical (unpaired) electrons. The summed E-state index contributed by atoms with van der Waals surface area (Å²) in [5.41, 5.74) is 9.93. The summed E-state index contributed by atoms with van der Waals surface area (Å²) in [5.74, 6) is -1.65. The predicted octanol–water partition coefficient (Wildman–Crippen LogP) is -0.574. The van der Waals surface area contributed by atoms with E-state index in [1.807, 2.05) is 0 Å². The molecule has 2 atom stereocenters. The zero-order valence-electron chi connectivity index (χ0n) is 11.9. The summed E-state index contributed by atoms with van der Waals surface area (Å²) in [4.78, 5) is 34.0. The second kappa shape index (κ2) is 7.08. The van der Waals surface area contributed by atoms with Gasteiger partial charge in [0.15, 0.2) is 0 Å². The lowest BCUT2D eigenvalue weighted by Gasteiger charge is -2.21. The van der Waals surface area contributed by atoms with E-state index in [0.29, 0.717) is 0 Å². The van der Waals surface area contributed by atoms with Gasteiger partial charge < -0.3 is 21.5 Å². The van der Waals surface area contributed by atoms with E-state index in [0.717, 1.165) is 0 Å². The maximum Gasteiger partial charge on any atom is 0.306 e. The Labute approximate surface area is 113 Å². The molecule has 0 aliphatic rings. The van der Waals surface area contributed by atoms with E-state index in [1.165, 1.54) is 6.92 Å². The third-order valence-corrected chi connectivity index (χ3v) is 2.13. The molecule has 0 fully saturated rings. The van der Waals surface area contributed by atoms with E-state index in [4.69, 9.17) is 16.2 Å². The number of hydrogen-bond donors (Lipinski definition) is 3. The molecule has 0 spiro atoms. The van der Waals surface area contributed by atoms with Gasteiger partial charge in [0.2, 0.25) is 11.8 Å². The van der Waals surface area contributed by atoms with Crippen LogP contribution in [0.25, 0.3) is 0 Å². The summed E-state index contributed by atoms with van der Waals surface area (Å²) in [5, 5.41) is 2.39. The van der Waals surface area contributed by atoms with Crippen LogP contribution in [0.4, 0.5) is 0 Å². The lowest BCUT2D eigenvalue weighted by atomic mass is 10.1. The summed E-state index contributed by atoms with van der Waals surface area (Å²) < 4.78 is 5.09. The monoisotopic (exact) mass is 273 g/mol. The van der Waals surface area contributed by atoms with Gasteiger partial charge >= 0.3 is 5.97 Å². The Bertz CT molecular complexity index is 347. The van der Waals surface area contributed by atoms with Crippen molar-refractivity contribution >= 4 is 17.8 Å². The molecule has 7 heteroatoms. The standard InChI is InChI=1S/C12H23N3O4/c1-7(13)11(18)15-8(10(14)17)5-6-9(16)19-12(2,3)4/h7-8H,5-6,13H2,1-4H3,(H2,14,17)(H,15,18)/t7-,8-/m0/s1. The maximum atomic E-state index is 11.5. The van der Waals surface area contributed by atoms with Gasteiger partial charge in [0.1, 0.15) is 11.6 Å². The zero-order chi connectivity index (χ0) is 15.2. The first kappa shape index (κ1) is 17.4. The topological polar surface area (TPSA) is 125 Å². The smallest absolute Gasteiger partial charge is 0.306 e. The molecule has 0 bridgehead atoms. The first-order valence-corrected chi connectivity index (χ1v) is 6.10. The first-order valence-electron chi connectivity index (χ1n) is 6.10. The van der Waals surface area contributed by atoms with Gasteiger partial charge in [-0.2, -0.15) is 0 Å². The van der Waals surface area contributed by atoms with Gasteiger partial charge in [0, 0.05) is 6.42 Å². The second-order valence-electron chi connectivity index (χ2n) is 5.38. The first-order chi connectivity index (χ1) is 8.53. The van der Waals surface area contributed by atoms with E-state index in [2.05, 4.69) is 5.32 Å². The fourth-order valence-electron chi connectivity index (χ4n) is 1.24. The van der Waals surface area contributed by atoms with Gasteiger partial charge in [-0.15, -0.1) is 0 Å². The molecular weight excluding hydrogens is 250 g/mol. The quantitative estimate of drug-likeness (QED) is 0.559. The highest BCUT2D eigenvalue weighted by Gasteiger charge is 2.22. The van der Waals surface area contributed by atoms with Crippen LogP contribution in [-0.2, 0) is 19.1 Å². The molecule has 19 heavy (non-hydrogen) atoms. The molecule has 0 aromatic heterocycles. The van der Waals surface area contributed by atoms with Crippen molar-refractivity contribution < 1.29 is 19.1 Å². The third-order valence-electron chi connectivity index (χ3n) is 2.13. The molecule has 0 heterocycles. The molecule has 5 N–H and O–H groups in total. The highest BCUT2D eigenvalue weighted by molar-refractivity contribution is 5.89. The molecule has 0 saturated heterocycles. The van der Waals surface area contributed by atoms with Crippen molar-refractivity contribution in [3.8, 4) is 0 Å². The van der Waals surface area contributed by atoms with Gasteiger partial charge in [0.25, 0.3) is 0 Å². The number of nitrogens with one attached hydrogen (secondary N) is 1. The number of hydrogen-bond acceptors (Lipinski definition) is 5. The Hall–Kier alpha value is -1.63.